The smallest absolute Gasteiger partial charge is 0.233 e. The summed E-state index contributed by atoms with van der Waals surface area (Å²) in [6.07, 6.45) is 2.21. The van der Waals surface area contributed by atoms with E-state index in [1.807, 2.05) is 32.9 Å². The van der Waals surface area contributed by atoms with Gasteiger partial charge in [0.25, 0.3) is 0 Å². The number of aryl methyl sites for hydroxylation is 2. The van der Waals surface area contributed by atoms with E-state index in [9.17, 15) is 4.79 Å². The predicted molar refractivity (Wildman–Crippen MR) is 95.9 cm³/mol. The van der Waals surface area contributed by atoms with E-state index < -0.39 is 0 Å². The molecule has 0 aliphatic carbocycles. The standard InChI is InChI=1S/C17H23N5O2S/c1-11-7-12(2)9-14(8-11)22-17(19-20-21-22)25-13(3)16(23)18-10-15-5-4-6-24-15/h7-9,13,15H,4-6,10H2,1-3H3,(H,18,23)/t13-,15+/m0/s1. The number of aromatic nitrogens is 4. The lowest BCUT2D eigenvalue weighted by atomic mass is 10.1. The Bertz CT molecular complexity index is 722. The maximum atomic E-state index is 12.3. The minimum Gasteiger partial charge on any atom is -0.376 e. The fraction of sp³-hybridized carbons (Fsp3) is 0.529. The molecule has 7 nitrogen and oxygen atoms in total. The fourth-order valence-electron chi connectivity index (χ4n) is 2.86. The molecule has 2 heterocycles. The number of amides is 1. The Morgan fingerprint density at radius 1 is 1.40 bits per heavy atom. The molecule has 2 atom stereocenters. The molecule has 0 bridgehead atoms. The molecule has 8 heteroatoms. The van der Waals surface area contributed by atoms with Gasteiger partial charge in [-0.05, 0) is 67.3 Å². The summed E-state index contributed by atoms with van der Waals surface area (Å²) in [6, 6.07) is 6.15. The molecule has 1 saturated heterocycles. The summed E-state index contributed by atoms with van der Waals surface area (Å²) in [5.74, 6) is -0.0320. The Morgan fingerprint density at radius 3 is 2.84 bits per heavy atom. The Labute approximate surface area is 151 Å². The van der Waals surface area contributed by atoms with Gasteiger partial charge in [0.05, 0.1) is 17.0 Å². The number of ether oxygens (including phenoxy) is 1. The highest BCUT2D eigenvalue weighted by molar-refractivity contribution is 8.00. The number of tetrazole rings is 1. The van der Waals surface area contributed by atoms with Gasteiger partial charge in [-0.3, -0.25) is 4.79 Å². The Kier molecular flexibility index (Phi) is 5.70. The quantitative estimate of drug-likeness (QED) is 0.793. The van der Waals surface area contributed by atoms with E-state index in [0.29, 0.717) is 11.7 Å². The number of carbonyl (C=O) groups is 1. The number of nitrogens with one attached hydrogen (secondary N) is 1. The van der Waals surface area contributed by atoms with Crippen molar-refractivity contribution in [1.29, 1.82) is 0 Å². The molecule has 2 aromatic rings. The average Bonchev–Trinajstić information content (AvgIpc) is 3.23. The summed E-state index contributed by atoms with van der Waals surface area (Å²) in [4.78, 5) is 12.3. The maximum absolute atomic E-state index is 12.3. The Morgan fingerprint density at radius 2 is 2.16 bits per heavy atom. The number of carbonyl (C=O) groups excluding carboxylic acids is 1. The maximum Gasteiger partial charge on any atom is 0.233 e. The molecular formula is C17H23N5O2S. The molecule has 1 aliphatic rings. The minimum atomic E-state index is -0.294. The molecule has 0 radical (unpaired) electrons. The van der Waals surface area contributed by atoms with E-state index >= 15 is 0 Å². The van der Waals surface area contributed by atoms with Crippen LogP contribution in [0.25, 0.3) is 5.69 Å². The van der Waals surface area contributed by atoms with E-state index in [2.05, 4.69) is 26.9 Å². The predicted octanol–water partition coefficient (Wildman–Crippen LogP) is 2.05. The molecule has 1 aromatic carbocycles. The van der Waals surface area contributed by atoms with Crippen molar-refractivity contribution in [2.24, 2.45) is 0 Å². The highest BCUT2D eigenvalue weighted by Gasteiger charge is 2.21. The van der Waals surface area contributed by atoms with Crippen LogP contribution in [-0.2, 0) is 9.53 Å². The van der Waals surface area contributed by atoms with Crippen LogP contribution in [0.4, 0.5) is 0 Å². The summed E-state index contributed by atoms with van der Waals surface area (Å²) in [5.41, 5.74) is 3.18. The molecular weight excluding hydrogens is 338 g/mol. The molecule has 0 spiro atoms. The van der Waals surface area contributed by atoms with Crippen LogP contribution in [0, 0.1) is 13.8 Å². The van der Waals surface area contributed by atoms with Crippen LogP contribution < -0.4 is 5.32 Å². The molecule has 25 heavy (non-hydrogen) atoms. The first kappa shape index (κ1) is 17.9. The van der Waals surface area contributed by atoms with E-state index in [0.717, 1.165) is 36.3 Å². The number of hydrogen-bond donors (Lipinski definition) is 1. The number of hydrogen-bond acceptors (Lipinski definition) is 6. The lowest BCUT2D eigenvalue weighted by molar-refractivity contribution is -0.120. The van der Waals surface area contributed by atoms with Crippen LogP contribution in [0.2, 0.25) is 0 Å². The van der Waals surface area contributed by atoms with E-state index in [1.54, 1.807) is 4.68 Å². The van der Waals surface area contributed by atoms with Crippen molar-refractivity contribution in [2.45, 2.75) is 50.1 Å². The zero-order valence-electron chi connectivity index (χ0n) is 14.7. The minimum absolute atomic E-state index is 0.0320. The second-order valence-corrected chi connectivity index (χ2v) is 7.67. The Balaban J connectivity index is 1.64. The summed E-state index contributed by atoms with van der Waals surface area (Å²) < 4.78 is 7.21. The second kappa shape index (κ2) is 7.97. The average molecular weight is 361 g/mol. The third kappa shape index (κ3) is 4.58. The lowest BCUT2D eigenvalue weighted by Crippen LogP contribution is -2.36. The monoisotopic (exact) mass is 361 g/mol. The van der Waals surface area contributed by atoms with Crippen LogP contribution in [0.5, 0.6) is 0 Å². The highest BCUT2D eigenvalue weighted by atomic mass is 32.2. The molecule has 3 rings (SSSR count). The molecule has 134 valence electrons. The Hall–Kier alpha value is -1.93. The van der Waals surface area contributed by atoms with Crippen LogP contribution in [0.3, 0.4) is 0 Å². The summed E-state index contributed by atoms with van der Waals surface area (Å²) in [5, 5.41) is 15.2. The SMILES string of the molecule is Cc1cc(C)cc(-n2nnnc2S[C@@H](C)C(=O)NC[C@H]2CCCO2)c1. The van der Waals surface area contributed by atoms with Gasteiger partial charge >= 0.3 is 0 Å². The third-order valence-corrected chi connectivity index (χ3v) is 5.10. The van der Waals surface area contributed by atoms with Crippen molar-refractivity contribution < 1.29 is 9.53 Å². The first-order chi connectivity index (χ1) is 12.0. The molecule has 1 aromatic heterocycles. The molecule has 1 N–H and O–H groups in total. The van der Waals surface area contributed by atoms with Gasteiger partial charge in [0.15, 0.2) is 0 Å². The van der Waals surface area contributed by atoms with Crippen molar-refractivity contribution in [2.75, 3.05) is 13.2 Å². The largest absolute Gasteiger partial charge is 0.376 e. The summed E-state index contributed by atoms with van der Waals surface area (Å²) >= 11 is 1.35. The van der Waals surface area contributed by atoms with E-state index in [1.165, 1.54) is 11.8 Å². The van der Waals surface area contributed by atoms with Gasteiger partial charge in [0.1, 0.15) is 0 Å². The first-order valence-corrected chi connectivity index (χ1v) is 9.34. The van der Waals surface area contributed by atoms with E-state index in [-0.39, 0.29) is 17.3 Å². The number of thioether (sulfide) groups is 1. The van der Waals surface area contributed by atoms with Crippen molar-refractivity contribution >= 4 is 17.7 Å². The molecule has 0 saturated carbocycles. The van der Waals surface area contributed by atoms with Crippen molar-refractivity contribution in [3.05, 3.63) is 29.3 Å². The number of benzene rings is 1. The zero-order chi connectivity index (χ0) is 17.8. The van der Waals surface area contributed by atoms with Gasteiger partial charge in [0, 0.05) is 13.2 Å². The zero-order valence-corrected chi connectivity index (χ0v) is 15.5. The summed E-state index contributed by atoms with van der Waals surface area (Å²) in [7, 11) is 0. The van der Waals surface area contributed by atoms with Gasteiger partial charge in [-0.2, -0.15) is 4.68 Å². The van der Waals surface area contributed by atoms with Crippen LogP contribution >= 0.6 is 11.8 Å². The fourth-order valence-corrected chi connectivity index (χ4v) is 3.69. The molecule has 1 amide bonds. The second-order valence-electron chi connectivity index (χ2n) is 6.36. The van der Waals surface area contributed by atoms with Crippen LogP contribution in [-0.4, -0.2) is 50.6 Å². The molecule has 1 fully saturated rings. The van der Waals surface area contributed by atoms with Gasteiger partial charge in [-0.15, -0.1) is 5.10 Å². The van der Waals surface area contributed by atoms with Crippen molar-refractivity contribution in [3.8, 4) is 5.69 Å². The van der Waals surface area contributed by atoms with Crippen LogP contribution in [0.1, 0.15) is 30.9 Å². The van der Waals surface area contributed by atoms with Gasteiger partial charge < -0.3 is 10.1 Å². The number of rotatable bonds is 6. The van der Waals surface area contributed by atoms with Crippen molar-refractivity contribution in [3.63, 3.8) is 0 Å². The number of nitrogens with zero attached hydrogens (tertiary/aromatic N) is 4. The third-order valence-electron chi connectivity index (χ3n) is 4.07. The van der Waals surface area contributed by atoms with E-state index in [4.69, 9.17) is 4.74 Å². The molecule has 1 aliphatic heterocycles. The van der Waals surface area contributed by atoms with Gasteiger partial charge in [0.2, 0.25) is 11.1 Å². The summed E-state index contributed by atoms with van der Waals surface area (Å²) in [6.45, 7) is 7.28. The lowest BCUT2D eigenvalue weighted by Gasteiger charge is -2.14. The highest BCUT2D eigenvalue weighted by Crippen LogP contribution is 2.24. The van der Waals surface area contributed by atoms with Gasteiger partial charge in [-0.1, -0.05) is 17.8 Å². The topological polar surface area (TPSA) is 81.9 Å². The van der Waals surface area contributed by atoms with Crippen molar-refractivity contribution in [1.82, 2.24) is 25.5 Å². The first-order valence-electron chi connectivity index (χ1n) is 8.46. The van der Waals surface area contributed by atoms with Crippen LogP contribution in [0.15, 0.2) is 23.4 Å². The van der Waals surface area contributed by atoms with Gasteiger partial charge in [-0.25, -0.2) is 0 Å². The molecule has 0 unspecified atom stereocenters. The normalized spacial score (nSPS) is 18.3.